The average molecular weight is 464 g/mol. The molecule has 0 saturated heterocycles. The minimum Gasteiger partial charge on any atom is -0.319 e. The van der Waals surface area contributed by atoms with Crippen molar-refractivity contribution in [2.75, 3.05) is 5.32 Å². The van der Waals surface area contributed by atoms with E-state index in [9.17, 15) is 18.0 Å². The first-order valence-electron chi connectivity index (χ1n) is 11.0. The van der Waals surface area contributed by atoms with E-state index >= 15 is 0 Å². The summed E-state index contributed by atoms with van der Waals surface area (Å²) >= 11 is 0. The number of rotatable bonds is 9. The van der Waals surface area contributed by atoms with Crippen molar-refractivity contribution in [3.63, 3.8) is 0 Å². The van der Waals surface area contributed by atoms with Crippen molar-refractivity contribution in [3.8, 4) is 0 Å². The van der Waals surface area contributed by atoms with Gasteiger partial charge in [-0.3, -0.25) is 9.59 Å². The number of Topliss-reactive ketones (excluding diaryl/α,β-unsaturated/α-hetero) is 1. The van der Waals surface area contributed by atoms with Gasteiger partial charge in [0.25, 0.3) is 5.91 Å². The largest absolute Gasteiger partial charge is 0.319 e. The van der Waals surface area contributed by atoms with Gasteiger partial charge in [0, 0.05) is 5.69 Å². The number of carbonyl (C=O) groups excluding carboxylic acids is 2. The van der Waals surface area contributed by atoms with Crippen molar-refractivity contribution in [3.05, 3.63) is 101 Å². The smallest absolute Gasteiger partial charge is 0.293 e. The zero-order valence-corrected chi connectivity index (χ0v) is 19.9. The molecule has 0 heterocycles. The molecule has 1 N–H and O–H groups in total. The summed E-state index contributed by atoms with van der Waals surface area (Å²) in [6.45, 7) is 5.97. The van der Waals surface area contributed by atoms with Gasteiger partial charge in [0.05, 0.1) is 5.75 Å². The van der Waals surface area contributed by atoms with Crippen LogP contribution in [0.5, 0.6) is 0 Å². The van der Waals surface area contributed by atoms with Gasteiger partial charge < -0.3 is 5.32 Å². The predicted octanol–water partition coefficient (Wildman–Crippen LogP) is 5.24. The molecule has 0 aliphatic carbocycles. The highest BCUT2D eigenvalue weighted by Gasteiger charge is 2.38. The van der Waals surface area contributed by atoms with E-state index in [2.05, 4.69) is 5.32 Å². The number of para-hydroxylation sites is 1. The van der Waals surface area contributed by atoms with Crippen LogP contribution >= 0.6 is 0 Å². The second-order valence-corrected chi connectivity index (χ2v) is 10.4. The van der Waals surface area contributed by atoms with E-state index < -0.39 is 26.8 Å². The zero-order chi connectivity index (χ0) is 24.0. The summed E-state index contributed by atoms with van der Waals surface area (Å²) in [5.41, 5.74) is 3.22. The van der Waals surface area contributed by atoms with Crippen LogP contribution in [0, 0.1) is 0 Å². The molecule has 1 unspecified atom stereocenters. The normalized spacial score (nSPS) is 12.4. The van der Waals surface area contributed by atoms with Crippen LogP contribution in [-0.2, 0) is 31.6 Å². The van der Waals surface area contributed by atoms with E-state index in [0.29, 0.717) is 17.7 Å². The van der Waals surface area contributed by atoms with Crippen LogP contribution in [-0.4, -0.2) is 20.1 Å². The van der Waals surface area contributed by atoms with Crippen molar-refractivity contribution >= 4 is 27.2 Å². The Hall–Kier alpha value is -3.25. The lowest BCUT2D eigenvalue weighted by Gasteiger charge is -2.20. The fourth-order valence-corrected chi connectivity index (χ4v) is 5.71. The van der Waals surface area contributed by atoms with E-state index in [1.807, 2.05) is 39.0 Å². The Bertz CT molecular complexity index is 1220. The minimum atomic E-state index is -4.02. The Morgan fingerprint density at radius 1 is 0.848 bits per heavy atom. The van der Waals surface area contributed by atoms with Crippen LogP contribution in [0.4, 0.5) is 5.69 Å². The van der Waals surface area contributed by atoms with E-state index in [4.69, 9.17) is 0 Å². The van der Waals surface area contributed by atoms with Crippen molar-refractivity contribution in [2.45, 2.75) is 44.1 Å². The summed E-state index contributed by atoms with van der Waals surface area (Å²) in [6.07, 6.45) is 0.665. The minimum absolute atomic E-state index is 0.119. The number of carbonyl (C=O) groups is 2. The predicted molar refractivity (Wildman–Crippen MR) is 132 cm³/mol. The van der Waals surface area contributed by atoms with Crippen molar-refractivity contribution < 1.29 is 18.0 Å². The van der Waals surface area contributed by atoms with Crippen molar-refractivity contribution in [2.24, 2.45) is 0 Å². The molecule has 0 saturated carbocycles. The zero-order valence-electron chi connectivity index (χ0n) is 19.1. The molecule has 172 valence electrons. The van der Waals surface area contributed by atoms with Gasteiger partial charge in [-0.05, 0) is 34.6 Å². The van der Waals surface area contributed by atoms with Gasteiger partial charge in [-0.2, -0.15) is 0 Å². The van der Waals surface area contributed by atoms with Crippen LogP contribution in [0.2, 0.25) is 0 Å². The van der Waals surface area contributed by atoms with Gasteiger partial charge in [0.2, 0.25) is 5.78 Å². The second-order valence-electron chi connectivity index (χ2n) is 8.29. The first kappa shape index (κ1) is 24.4. The van der Waals surface area contributed by atoms with Crippen molar-refractivity contribution in [1.82, 2.24) is 0 Å². The lowest BCUT2D eigenvalue weighted by Crippen LogP contribution is -2.34. The lowest BCUT2D eigenvalue weighted by atomic mass is 9.96. The Balaban J connectivity index is 1.99. The van der Waals surface area contributed by atoms with Crippen LogP contribution in [0.3, 0.4) is 0 Å². The number of ketones is 1. The third-order valence-electron chi connectivity index (χ3n) is 5.56. The molecule has 6 heteroatoms. The monoisotopic (exact) mass is 463 g/mol. The number of anilines is 1. The number of nitrogens with one attached hydrogen (secondary N) is 1. The molecule has 3 aromatic carbocycles. The highest BCUT2D eigenvalue weighted by molar-refractivity contribution is 7.91. The fraction of sp³-hybridized carbons (Fsp3) is 0.259. The van der Waals surface area contributed by atoms with Gasteiger partial charge >= 0.3 is 0 Å². The van der Waals surface area contributed by atoms with Crippen LogP contribution < -0.4 is 5.32 Å². The summed E-state index contributed by atoms with van der Waals surface area (Å²) in [7, 11) is -4.02. The highest BCUT2D eigenvalue weighted by atomic mass is 32.2. The molecule has 33 heavy (non-hydrogen) atoms. The molecule has 0 fully saturated rings. The van der Waals surface area contributed by atoms with Gasteiger partial charge in [-0.25, -0.2) is 8.42 Å². The maximum Gasteiger partial charge on any atom is 0.293 e. The third kappa shape index (κ3) is 5.76. The van der Waals surface area contributed by atoms with E-state index in [0.717, 1.165) is 11.1 Å². The number of hydrogen-bond donors (Lipinski definition) is 1. The van der Waals surface area contributed by atoms with Gasteiger partial charge in [0.1, 0.15) is 0 Å². The van der Waals surface area contributed by atoms with E-state index in [1.54, 1.807) is 60.7 Å². The lowest BCUT2D eigenvalue weighted by molar-refractivity contribution is -0.134. The average Bonchev–Trinajstić information content (AvgIpc) is 2.80. The Labute approximate surface area is 195 Å². The summed E-state index contributed by atoms with van der Waals surface area (Å²) in [5.74, 6) is -2.13. The Morgan fingerprint density at radius 2 is 1.45 bits per heavy atom. The molecule has 1 atom stereocenters. The Morgan fingerprint density at radius 3 is 2.03 bits per heavy atom. The molecule has 5 nitrogen and oxygen atoms in total. The molecule has 0 radical (unpaired) electrons. The number of hydrogen-bond acceptors (Lipinski definition) is 4. The van der Waals surface area contributed by atoms with Crippen molar-refractivity contribution in [1.29, 1.82) is 0 Å². The number of aryl methyl sites for hydroxylation is 1. The standard InChI is InChI=1S/C27H29NO4S/c1-4-21-16-11-17-23(19(2)3)24(21)28-27(30)25(29)26(22-14-9-6-10-15-22)33(31,32)18-20-12-7-5-8-13-20/h5-17,19,26H,4,18H2,1-3H3,(H,28,30). The molecule has 0 aliphatic heterocycles. The molecule has 3 aromatic rings. The number of benzene rings is 3. The Kier molecular flexibility index (Phi) is 7.82. The van der Waals surface area contributed by atoms with E-state index in [1.165, 1.54) is 0 Å². The molecule has 0 aliphatic rings. The quantitative estimate of drug-likeness (QED) is 0.440. The SMILES string of the molecule is CCc1cccc(C(C)C)c1NC(=O)C(=O)C(c1ccccc1)S(=O)(=O)Cc1ccccc1. The summed E-state index contributed by atoms with van der Waals surface area (Å²) in [5, 5.41) is 1.16. The molecule has 3 rings (SSSR count). The maximum atomic E-state index is 13.4. The second kappa shape index (κ2) is 10.6. The molecule has 0 aromatic heterocycles. The maximum absolute atomic E-state index is 13.4. The molecular formula is C27H29NO4S. The van der Waals surface area contributed by atoms with Crippen LogP contribution in [0.15, 0.2) is 78.9 Å². The first-order valence-corrected chi connectivity index (χ1v) is 12.7. The molecular weight excluding hydrogens is 434 g/mol. The summed E-state index contributed by atoms with van der Waals surface area (Å²) in [4.78, 5) is 26.5. The number of amides is 1. The summed E-state index contributed by atoms with van der Waals surface area (Å²) < 4.78 is 26.8. The topological polar surface area (TPSA) is 80.3 Å². The van der Waals surface area contributed by atoms with Crippen LogP contribution in [0.25, 0.3) is 0 Å². The highest BCUT2D eigenvalue weighted by Crippen LogP contribution is 2.31. The van der Waals surface area contributed by atoms with Gasteiger partial charge in [0.15, 0.2) is 15.1 Å². The molecule has 0 bridgehead atoms. The van der Waals surface area contributed by atoms with Gasteiger partial charge in [-0.15, -0.1) is 0 Å². The number of sulfone groups is 1. The fourth-order valence-electron chi connectivity index (χ4n) is 3.88. The van der Waals surface area contributed by atoms with Crippen LogP contribution in [0.1, 0.15) is 54.2 Å². The third-order valence-corrected chi connectivity index (χ3v) is 7.50. The molecule has 0 spiro atoms. The summed E-state index contributed by atoms with van der Waals surface area (Å²) in [6, 6.07) is 22.6. The van der Waals surface area contributed by atoms with E-state index in [-0.39, 0.29) is 17.2 Å². The van der Waals surface area contributed by atoms with Gasteiger partial charge in [-0.1, -0.05) is 99.6 Å². The first-order chi connectivity index (χ1) is 15.7. The molecule has 1 amide bonds.